The van der Waals surface area contributed by atoms with Crippen molar-refractivity contribution in [3.63, 3.8) is 0 Å². The molecule has 3 rings (SSSR count). The van der Waals surface area contributed by atoms with Gasteiger partial charge in [-0.05, 0) is 56.4 Å². The minimum Gasteiger partial charge on any atom is -0.358 e. The van der Waals surface area contributed by atoms with Crippen molar-refractivity contribution in [1.82, 2.24) is 10.3 Å². The van der Waals surface area contributed by atoms with Gasteiger partial charge >= 0.3 is 0 Å². The van der Waals surface area contributed by atoms with E-state index in [4.69, 9.17) is 0 Å². The van der Waals surface area contributed by atoms with Crippen molar-refractivity contribution in [3.05, 3.63) is 35.3 Å². The monoisotopic (exact) mass is 274 g/mol. The molecule has 1 saturated carbocycles. The van der Waals surface area contributed by atoms with Gasteiger partial charge in [0.25, 0.3) is 0 Å². The Hall–Kier alpha value is -1.84. The largest absolute Gasteiger partial charge is 0.358 e. The first-order chi connectivity index (χ1) is 9.54. The lowest BCUT2D eigenvalue weighted by Gasteiger charge is -2.12. The van der Waals surface area contributed by atoms with Crippen molar-refractivity contribution in [3.8, 4) is 0 Å². The molecule has 1 atom stereocenters. The van der Waals surface area contributed by atoms with E-state index in [2.05, 4.69) is 17.2 Å². The fourth-order valence-corrected chi connectivity index (χ4v) is 2.76. The van der Waals surface area contributed by atoms with E-state index < -0.39 is 0 Å². The summed E-state index contributed by atoms with van der Waals surface area (Å²) < 4.78 is 13.4. The summed E-state index contributed by atoms with van der Waals surface area (Å²) in [7, 11) is 0. The molecular weight excluding hydrogens is 255 g/mol. The number of hydrogen-bond donors (Lipinski definition) is 2. The molecule has 106 valence electrons. The zero-order valence-corrected chi connectivity index (χ0v) is 11.8. The highest BCUT2D eigenvalue weighted by Gasteiger charge is 2.29. The lowest BCUT2D eigenvalue weighted by atomic mass is 10.1. The van der Waals surface area contributed by atoms with Gasteiger partial charge in [0.2, 0.25) is 5.91 Å². The number of carbonyl (C=O) groups is 1. The maximum Gasteiger partial charge on any atom is 0.224 e. The van der Waals surface area contributed by atoms with Crippen molar-refractivity contribution in [2.24, 2.45) is 5.92 Å². The summed E-state index contributed by atoms with van der Waals surface area (Å²) in [6, 6.07) is 4.87. The molecule has 4 heteroatoms. The molecule has 1 amide bonds. The molecule has 2 aromatic rings. The summed E-state index contributed by atoms with van der Waals surface area (Å²) in [5.74, 6) is 0.377. The van der Waals surface area contributed by atoms with Crippen LogP contribution in [0, 0.1) is 18.7 Å². The second-order valence-electron chi connectivity index (χ2n) is 5.79. The Kier molecular flexibility index (Phi) is 3.24. The van der Waals surface area contributed by atoms with Crippen LogP contribution in [0.1, 0.15) is 31.0 Å². The molecule has 1 heterocycles. The molecule has 0 radical (unpaired) electrons. The third-order valence-electron chi connectivity index (χ3n) is 4.14. The first kappa shape index (κ1) is 13.2. The van der Waals surface area contributed by atoms with Gasteiger partial charge in [0.15, 0.2) is 0 Å². The molecule has 1 aromatic carbocycles. The van der Waals surface area contributed by atoms with E-state index in [9.17, 15) is 9.18 Å². The molecule has 0 saturated heterocycles. The molecule has 20 heavy (non-hydrogen) atoms. The maximum absolute atomic E-state index is 13.4. The molecule has 0 aliphatic heterocycles. The molecule has 1 aliphatic carbocycles. The van der Waals surface area contributed by atoms with E-state index in [0.29, 0.717) is 12.3 Å². The van der Waals surface area contributed by atoms with E-state index in [0.717, 1.165) is 22.2 Å². The van der Waals surface area contributed by atoms with Crippen LogP contribution < -0.4 is 5.32 Å². The highest BCUT2D eigenvalue weighted by Crippen LogP contribution is 2.32. The first-order valence-electron chi connectivity index (χ1n) is 7.10. The van der Waals surface area contributed by atoms with Gasteiger partial charge in [0.1, 0.15) is 5.82 Å². The van der Waals surface area contributed by atoms with Gasteiger partial charge in [-0.3, -0.25) is 4.79 Å². The fraction of sp³-hybridized carbons (Fsp3) is 0.438. The third kappa shape index (κ3) is 2.55. The molecule has 1 aromatic heterocycles. The number of aryl methyl sites for hydroxylation is 1. The smallest absolute Gasteiger partial charge is 0.224 e. The van der Waals surface area contributed by atoms with E-state index in [1.54, 1.807) is 6.07 Å². The lowest BCUT2D eigenvalue weighted by Crippen LogP contribution is -2.35. The molecule has 0 bridgehead atoms. The van der Waals surface area contributed by atoms with E-state index in [-0.39, 0.29) is 17.8 Å². The van der Waals surface area contributed by atoms with Gasteiger partial charge in [-0.2, -0.15) is 0 Å². The van der Waals surface area contributed by atoms with Crippen LogP contribution in [0.5, 0.6) is 0 Å². The second kappa shape index (κ2) is 4.93. The summed E-state index contributed by atoms with van der Waals surface area (Å²) in [6.45, 7) is 3.97. The third-order valence-corrected chi connectivity index (χ3v) is 4.14. The Labute approximate surface area is 117 Å². The quantitative estimate of drug-likeness (QED) is 0.884. The highest BCUT2D eigenvalue weighted by atomic mass is 19.1. The summed E-state index contributed by atoms with van der Waals surface area (Å²) >= 11 is 0. The number of fused-ring (bicyclic) bond motifs is 1. The van der Waals surface area contributed by atoms with Gasteiger partial charge in [-0.25, -0.2) is 4.39 Å². The zero-order chi connectivity index (χ0) is 14.3. The minimum atomic E-state index is -0.274. The summed E-state index contributed by atoms with van der Waals surface area (Å²) in [5.41, 5.74) is 2.70. The first-order valence-corrected chi connectivity index (χ1v) is 7.10. The number of H-pyrrole nitrogens is 1. The van der Waals surface area contributed by atoms with Crippen LogP contribution in [-0.2, 0) is 11.2 Å². The molecule has 1 fully saturated rings. The number of aromatic nitrogens is 1. The SMILES string of the molecule is Cc1[nH]c2ccc(F)cc2c1CC(=O)N[C@H](C)C1CC1. The summed E-state index contributed by atoms with van der Waals surface area (Å²) in [6.07, 6.45) is 2.71. The van der Waals surface area contributed by atoms with Crippen LogP contribution >= 0.6 is 0 Å². The van der Waals surface area contributed by atoms with Crippen molar-refractivity contribution in [1.29, 1.82) is 0 Å². The van der Waals surface area contributed by atoms with E-state index >= 15 is 0 Å². The molecule has 0 spiro atoms. The Balaban J connectivity index is 1.80. The van der Waals surface area contributed by atoms with E-state index in [1.165, 1.54) is 25.0 Å². The molecule has 0 unspecified atom stereocenters. The number of rotatable bonds is 4. The van der Waals surface area contributed by atoms with Gasteiger partial charge in [-0.1, -0.05) is 0 Å². The fourth-order valence-electron chi connectivity index (χ4n) is 2.76. The minimum absolute atomic E-state index is 0.0117. The normalized spacial score (nSPS) is 16.4. The van der Waals surface area contributed by atoms with Crippen LogP contribution in [-0.4, -0.2) is 16.9 Å². The van der Waals surface area contributed by atoms with Gasteiger partial charge in [0.05, 0.1) is 6.42 Å². The van der Waals surface area contributed by atoms with Crippen LogP contribution in [0.2, 0.25) is 0 Å². The molecular formula is C16H19FN2O. The Morgan fingerprint density at radius 1 is 1.50 bits per heavy atom. The molecule has 2 N–H and O–H groups in total. The average Bonchev–Trinajstić information content (AvgIpc) is 3.18. The number of nitrogens with one attached hydrogen (secondary N) is 2. The predicted molar refractivity (Wildman–Crippen MR) is 77.0 cm³/mol. The number of benzene rings is 1. The number of aromatic amines is 1. The standard InChI is InChI=1S/C16H19FN2O/c1-9(11-3-4-11)19-16(20)8-13-10(2)18-15-6-5-12(17)7-14(13)15/h5-7,9,11,18H,3-4,8H2,1-2H3,(H,19,20)/t9-/m1/s1. The number of carbonyl (C=O) groups excluding carboxylic acids is 1. The van der Waals surface area contributed by atoms with E-state index in [1.807, 2.05) is 6.92 Å². The Morgan fingerprint density at radius 2 is 2.25 bits per heavy atom. The summed E-state index contributed by atoms with van der Waals surface area (Å²) in [4.78, 5) is 15.3. The van der Waals surface area contributed by atoms with Crippen LogP contribution in [0.3, 0.4) is 0 Å². The highest BCUT2D eigenvalue weighted by molar-refractivity contribution is 5.90. The topological polar surface area (TPSA) is 44.9 Å². The number of hydrogen-bond acceptors (Lipinski definition) is 1. The second-order valence-corrected chi connectivity index (χ2v) is 5.79. The van der Waals surface area contributed by atoms with Crippen molar-refractivity contribution in [2.45, 2.75) is 39.2 Å². The van der Waals surface area contributed by atoms with Crippen LogP contribution in [0.15, 0.2) is 18.2 Å². The molecule has 1 aliphatic rings. The molecule has 3 nitrogen and oxygen atoms in total. The van der Waals surface area contributed by atoms with Gasteiger partial charge in [-0.15, -0.1) is 0 Å². The maximum atomic E-state index is 13.4. The number of halogens is 1. The zero-order valence-electron chi connectivity index (χ0n) is 11.8. The van der Waals surface area contributed by atoms with Crippen molar-refractivity contribution < 1.29 is 9.18 Å². The summed E-state index contributed by atoms with van der Waals surface area (Å²) in [5, 5.41) is 3.84. The van der Waals surface area contributed by atoms with Gasteiger partial charge < -0.3 is 10.3 Å². The van der Waals surface area contributed by atoms with Gasteiger partial charge in [0, 0.05) is 22.6 Å². The Morgan fingerprint density at radius 3 is 2.95 bits per heavy atom. The predicted octanol–water partition coefficient (Wildman–Crippen LogP) is 3.07. The van der Waals surface area contributed by atoms with Crippen molar-refractivity contribution >= 4 is 16.8 Å². The number of amides is 1. The average molecular weight is 274 g/mol. The van der Waals surface area contributed by atoms with Crippen molar-refractivity contribution in [2.75, 3.05) is 0 Å². The lowest BCUT2D eigenvalue weighted by molar-refractivity contribution is -0.121. The van der Waals surface area contributed by atoms with Crippen LogP contribution in [0.25, 0.3) is 10.9 Å². The Bertz CT molecular complexity index is 658. The van der Waals surface area contributed by atoms with Crippen LogP contribution in [0.4, 0.5) is 4.39 Å².